The van der Waals surface area contributed by atoms with Crippen molar-refractivity contribution in [3.63, 3.8) is 0 Å². The van der Waals surface area contributed by atoms with Crippen LogP contribution in [0.25, 0.3) is 0 Å². The number of esters is 1. The molecule has 0 atom stereocenters. The smallest absolute Gasteiger partial charge is 0.441 e. The molecular formula is C9H11F3N2O3S. The summed E-state index contributed by atoms with van der Waals surface area (Å²) in [7, 11) is 0. The third-order valence-corrected chi connectivity index (χ3v) is 2.37. The molecule has 18 heavy (non-hydrogen) atoms. The van der Waals surface area contributed by atoms with E-state index in [0.29, 0.717) is 0 Å². The van der Waals surface area contributed by atoms with Crippen LogP contribution in [0.15, 0.2) is 10.7 Å². The van der Waals surface area contributed by atoms with E-state index >= 15 is 0 Å². The lowest BCUT2D eigenvalue weighted by atomic mass is 10.5. The largest absolute Gasteiger partial charge is 0.461 e. The van der Waals surface area contributed by atoms with E-state index < -0.39 is 11.5 Å². The molecule has 5 nitrogen and oxygen atoms in total. The van der Waals surface area contributed by atoms with Gasteiger partial charge in [-0.25, -0.2) is 4.79 Å². The lowest BCUT2D eigenvalue weighted by molar-refractivity contribution is -0.0327. The van der Waals surface area contributed by atoms with E-state index in [2.05, 4.69) is 15.0 Å². The Morgan fingerprint density at radius 2 is 2.33 bits per heavy atom. The molecule has 0 amide bonds. The van der Waals surface area contributed by atoms with Crippen molar-refractivity contribution < 1.29 is 27.1 Å². The van der Waals surface area contributed by atoms with Gasteiger partial charge in [0.15, 0.2) is 5.69 Å². The topological polar surface area (TPSA) is 64.4 Å². The quantitative estimate of drug-likeness (QED) is 0.639. The third-order valence-electron chi connectivity index (χ3n) is 1.63. The van der Waals surface area contributed by atoms with Gasteiger partial charge in [0.1, 0.15) is 6.26 Å². The molecule has 1 N–H and O–H groups in total. The fourth-order valence-corrected chi connectivity index (χ4v) is 1.41. The summed E-state index contributed by atoms with van der Waals surface area (Å²) in [5.74, 6) is -0.820. The highest BCUT2D eigenvalue weighted by Gasteiger charge is 2.27. The van der Waals surface area contributed by atoms with E-state index in [4.69, 9.17) is 4.42 Å². The molecule has 1 heterocycles. The van der Waals surface area contributed by atoms with Crippen molar-refractivity contribution in [2.45, 2.75) is 12.4 Å². The van der Waals surface area contributed by atoms with Crippen molar-refractivity contribution >= 4 is 23.7 Å². The number of hydrogen-bond acceptors (Lipinski definition) is 6. The Morgan fingerprint density at radius 1 is 1.61 bits per heavy atom. The highest BCUT2D eigenvalue weighted by molar-refractivity contribution is 8.00. The standard InChI is InChI=1S/C9H11F3N2O3S/c1-2-16-7(15)6-5-17-8(14-6)13-3-4-18-9(10,11)12/h5H,2-4H2,1H3,(H,13,14). The summed E-state index contributed by atoms with van der Waals surface area (Å²) in [4.78, 5) is 14.9. The lowest BCUT2D eigenvalue weighted by Gasteiger charge is -2.04. The molecule has 102 valence electrons. The first kappa shape index (κ1) is 14.7. The molecule has 0 spiro atoms. The predicted octanol–water partition coefficient (Wildman–Crippen LogP) is 2.52. The van der Waals surface area contributed by atoms with Gasteiger partial charge in [-0.2, -0.15) is 18.2 Å². The van der Waals surface area contributed by atoms with Crippen LogP contribution in [0.4, 0.5) is 19.2 Å². The Balaban J connectivity index is 2.33. The Labute approximate surface area is 105 Å². The summed E-state index contributed by atoms with van der Waals surface area (Å²) in [6, 6.07) is -0.0131. The van der Waals surface area contributed by atoms with Crippen molar-refractivity contribution in [3.05, 3.63) is 12.0 Å². The number of alkyl halides is 3. The van der Waals surface area contributed by atoms with Crippen molar-refractivity contribution in [2.75, 3.05) is 24.2 Å². The molecule has 1 aromatic heterocycles. The summed E-state index contributed by atoms with van der Waals surface area (Å²) < 4.78 is 45.0. The SMILES string of the molecule is CCOC(=O)c1coc(NCCSC(F)(F)F)n1. The monoisotopic (exact) mass is 284 g/mol. The molecule has 0 unspecified atom stereocenters. The van der Waals surface area contributed by atoms with Gasteiger partial charge in [0.25, 0.3) is 6.01 Å². The number of halogens is 3. The van der Waals surface area contributed by atoms with Crippen LogP contribution < -0.4 is 5.32 Å². The first-order chi connectivity index (χ1) is 8.42. The second-order valence-corrected chi connectivity index (χ2v) is 4.14. The van der Waals surface area contributed by atoms with Gasteiger partial charge >= 0.3 is 11.5 Å². The van der Waals surface area contributed by atoms with Crippen LogP contribution in [-0.2, 0) is 4.74 Å². The number of ether oxygens (including phenoxy) is 1. The van der Waals surface area contributed by atoms with Gasteiger partial charge in [0.2, 0.25) is 0 Å². The van der Waals surface area contributed by atoms with Crippen LogP contribution in [0.3, 0.4) is 0 Å². The summed E-state index contributed by atoms with van der Waals surface area (Å²) in [6.07, 6.45) is 1.08. The molecule has 0 aliphatic carbocycles. The molecule has 0 bridgehead atoms. The minimum atomic E-state index is -4.26. The van der Waals surface area contributed by atoms with Gasteiger partial charge in [-0.3, -0.25) is 0 Å². The second kappa shape index (κ2) is 6.53. The van der Waals surface area contributed by atoms with E-state index in [1.165, 1.54) is 0 Å². The van der Waals surface area contributed by atoms with E-state index in [-0.39, 0.29) is 42.4 Å². The van der Waals surface area contributed by atoms with E-state index in [1.807, 2.05) is 0 Å². The zero-order valence-corrected chi connectivity index (χ0v) is 10.2. The number of hydrogen-bond donors (Lipinski definition) is 1. The second-order valence-electron chi connectivity index (χ2n) is 2.98. The van der Waals surface area contributed by atoms with Gasteiger partial charge in [-0.15, -0.1) is 0 Å². The van der Waals surface area contributed by atoms with Gasteiger partial charge in [-0.1, -0.05) is 0 Å². The first-order valence-corrected chi connectivity index (χ1v) is 5.98. The normalized spacial score (nSPS) is 11.3. The maximum atomic E-state index is 11.8. The molecular weight excluding hydrogens is 273 g/mol. The molecule has 0 aliphatic heterocycles. The number of aromatic nitrogens is 1. The Bertz CT molecular complexity index is 395. The van der Waals surface area contributed by atoms with E-state index in [0.717, 1.165) is 6.26 Å². The lowest BCUT2D eigenvalue weighted by Crippen LogP contribution is -2.10. The van der Waals surface area contributed by atoms with Crippen LogP contribution in [-0.4, -0.2) is 35.4 Å². The molecule has 0 fully saturated rings. The Hall–Kier alpha value is -1.38. The van der Waals surface area contributed by atoms with Crippen molar-refractivity contribution in [2.24, 2.45) is 0 Å². The van der Waals surface area contributed by atoms with Gasteiger partial charge < -0.3 is 14.5 Å². The average molecular weight is 284 g/mol. The van der Waals surface area contributed by atoms with Gasteiger partial charge in [-0.05, 0) is 18.7 Å². The molecule has 0 saturated heterocycles. The van der Waals surface area contributed by atoms with Gasteiger partial charge in [0, 0.05) is 12.3 Å². The van der Waals surface area contributed by atoms with E-state index in [1.54, 1.807) is 6.92 Å². The predicted molar refractivity (Wildman–Crippen MR) is 59.5 cm³/mol. The molecule has 1 aromatic rings. The van der Waals surface area contributed by atoms with Crippen LogP contribution in [0, 0.1) is 0 Å². The van der Waals surface area contributed by atoms with Crippen LogP contribution in [0.5, 0.6) is 0 Å². The number of nitrogens with zero attached hydrogens (tertiary/aromatic N) is 1. The molecule has 0 aromatic carbocycles. The Kier molecular flexibility index (Phi) is 5.32. The van der Waals surface area contributed by atoms with Crippen LogP contribution in [0.2, 0.25) is 0 Å². The summed E-state index contributed by atoms with van der Waals surface area (Å²) in [6.45, 7) is 1.87. The number of thioether (sulfide) groups is 1. The highest BCUT2D eigenvalue weighted by Crippen LogP contribution is 2.29. The molecule has 9 heteroatoms. The van der Waals surface area contributed by atoms with Crippen molar-refractivity contribution in [3.8, 4) is 0 Å². The fourth-order valence-electron chi connectivity index (χ4n) is 0.978. The number of carbonyl (C=O) groups is 1. The summed E-state index contributed by atoms with van der Waals surface area (Å²) in [5.41, 5.74) is -4.28. The molecule has 0 saturated carbocycles. The van der Waals surface area contributed by atoms with Crippen LogP contribution >= 0.6 is 11.8 Å². The third kappa shape index (κ3) is 5.30. The molecule has 0 aliphatic rings. The maximum Gasteiger partial charge on any atom is 0.441 e. The summed E-state index contributed by atoms with van der Waals surface area (Å²) in [5, 5.41) is 2.53. The van der Waals surface area contributed by atoms with Crippen LogP contribution in [0.1, 0.15) is 17.4 Å². The van der Waals surface area contributed by atoms with Crippen molar-refractivity contribution in [1.29, 1.82) is 0 Å². The van der Waals surface area contributed by atoms with Crippen molar-refractivity contribution in [1.82, 2.24) is 4.98 Å². The zero-order valence-electron chi connectivity index (χ0n) is 9.41. The zero-order chi connectivity index (χ0) is 13.6. The van der Waals surface area contributed by atoms with Gasteiger partial charge in [0.05, 0.1) is 6.61 Å². The van der Waals surface area contributed by atoms with E-state index in [9.17, 15) is 18.0 Å². The number of rotatable bonds is 6. The Morgan fingerprint density at radius 3 is 2.94 bits per heavy atom. The summed E-state index contributed by atoms with van der Waals surface area (Å²) >= 11 is -0.150. The fraction of sp³-hybridized carbons (Fsp3) is 0.556. The minimum Gasteiger partial charge on any atom is -0.461 e. The number of carbonyl (C=O) groups excluding carboxylic acids is 1. The highest BCUT2D eigenvalue weighted by atomic mass is 32.2. The molecule has 1 rings (SSSR count). The number of oxazole rings is 1. The first-order valence-electron chi connectivity index (χ1n) is 4.99. The maximum absolute atomic E-state index is 11.8. The number of anilines is 1. The average Bonchev–Trinajstić information content (AvgIpc) is 2.72. The molecule has 0 radical (unpaired) electrons. The minimum absolute atomic E-state index is 0.0131. The number of nitrogens with one attached hydrogen (secondary N) is 1.